The molecule has 0 unspecified atom stereocenters. The van der Waals surface area contributed by atoms with Crippen molar-refractivity contribution in [3.05, 3.63) is 0 Å². The highest BCUT2D eigenvalue weighted by molar-refractivity contribution is 7.90. The Kier molecular flexibility index (Phi) is 7.22. The second kappa shape index (κ2) is 7.57. The molecule has 0 aromatic rings. The predicted octanol–water partition coefficient (Wildman–Crippen LogP) is -1.91. The maximum absolute atomic E-state index is 11.1. The Hall–Kier alpha value is -0.700. The minimum Gasteiger partial charge on any atom is -0.468 e. The van der Waals surface area contributed by atoms with Crippen LogP contribution < -0.4 is 4.72 Å². The van der Waals surface area contributed by atoms with E-state index in [4.69, 9.17) is 9.84 Å². The topological polar surface area (TPSA) is 102 Å². The Morgan fingerprint density at radius 3 is 2.60 bits per heavy atom. The number of ether oxygens (including phenoxy) is 2. The van der Waals surface area contributed by atoms with Crippen LogP contribution in [0.1, 0.15) is 0 Å². The minimum atomic E-state index is -3.65. The van der Waals surface area contributed by atoms with Crippen molar-refractivity contribution in [3.8, 4) is 0 Å². The average Bonchev–Trinajstić information content (AvgIpc) is 2.16. The Labute approximate surface area is 88.4 Å². The number of sulfonamides is 1. The molecule has 0 aromatic carbocycles. The smallest absolute Gasteiger partial charge is 0.322 e. The first kappa shape index (κ1) is 14.3. The van der Waals surface area contributed by atoms with Crippen molar-refractivity contribution in [1.29, 1.82) is 0 Å². The Morgan fingerprint density at radius 2 is 2.07 bits per heavy atom. The van der Waals surface area contributed by atoms with E-state index in [-0.39, 0.29) is 26.4 Å². The fraction of sp³-hybridized carbons (Fsp3) is 0.857. The highest BCUT2D eigenvalue weighted by atomic mass is 32.2. The van der Waals surface area contributed by atoms with Crippen LogP contribution in [0.25, 0.3) is 0 Å². The molecule has 0 aliphatic carbocycles. The van der Waals surface area contributed by atoms with E-state index in [1.54, 1.807) is 0 Å². The van der Waals surface area contributed by atoms with Gasteiger partial charge in [-0.2, -0.15) is 0 Å². The van der Waals surface area contributed by atoms with Crippen LogP contribution in [0.3, 0.4) is 0 Å². The third-order valence-electron chi connectivity index (χ3n) is 1.34. The minimum absolute atomic E-state index is 0.0549. The number of esters is 1. The zero-order valence-electron chi connectivity index (χ0n) is 8.43. The maximum atomic E-state index is 11.1. The second-order valence-corrected chi connectivity index (χ2v) is 4.37. The van der Waals surface area contributed by atoms with Crippen LogP contribution in [0.2, 0.25) is 0 Å². The third-order valence-corrected chi connectivity index (χ3v) is 2.60. The third kappa shape index (κ3) is 8.30. The summed E-state index contributed by atoms with van der Waals surface area (Å²) < 4.78 is 33.4. The van der Waals surface area contributed by atoms with Crippen LogP contribution in [-0.2, 0) is 24.3 Å². The predicted molar refractivity (Wildman–Crippen MR) is 51.7 cm³/mol. The van der Waals surface area contributed by atoms with Gasteiger partial charge in [0.2, 0.25) is 10.0 Å². The number of hydrogen-bond acceptors (Lipinski definition) is 6. The molecule has 0 spiro atoms. The Balaban J connectivity index is 3.70. The molecule has 0 aliphatic rings. The van der Waals surface area contributed by atoms with E-state index in [2.05, 4.69) is 9.46 Å². The lowest BCUT2D eigenvalue weighted by molar-refractivity contribution is -0.137. The fourth-order valence-electron chi connectivity index (χ4n) is 0.701. The molecule has 0 fully saturated rings. The molecule has 0 rings (SSSR count). The number of hydrogen-bond donors (Lipinski definition) is 2. The van der Waals surface area contributed by atoms with E-state index < -0.39 is 21.7 Å². The Bertz CT molecular complexity index is 275. The first-order chi connectivity index (χ1) is 7.02. The molecule has 15 heavy (non-hydrogen) atoms. The van der Waals surface area contributed by atoms with E-state index >= 15 is 0 Å². The summed E-state index contributed by atoms with van der Waals surface area (Å²) in [5.41, 5.74) is 0. The molecular weight excluding hydrogens is 226 g/mol. The van der Waals surface area contributed by atoms with Gasteiger partial charge in [0.15, 0.2) is 5.75 Å². The van der Waals surface area contributed by atoms with Crippen molar-refractivity contribution in [2.45, 2.75) is 0 Å². The molecule has 90 valence electrons. The number of carbonyl (C=O) groups is 1. The number of carbonyl (C=O) groups excluding carboxylic acids is 1. The summed E-state index contributed by atoms with van der Waals surface area (Å²) in [7, 11) is -2.53. The lowest BCUT2D eigenvalue weighted by atomic mass is 10.7. The monoisotopic (exact) mass is 241 g/mol. The quantitative estimate of drug-likeness (QED) is 0.380. The lowest BCUT2D eigenvalue weighted by Gasteiger charge is -2.05. The summed E-state index contributed by atoms with van der Waals surface area (Å²) in [5.74, 6) is -1.53. The second-order valence-electron chi connectivity index (χ2n) is 2.57. The van der Waals surface area contributed by atoms with Crippen LogP contribution in [-0.4, -0.2) is 58.7 Å². The summed E-state index contributed by atoms with van der Waals surface area (Å²) in [6.45, 7) is 0.230. The van der Waals surface area contributed by atoms with Gasteiger partial charge >= 0.3 is 5.97 Å². The van der Waals surface area contributed by atoms with Crippen LogP contribution >= 0.6 is 0 Å². The standard InChI is InChI=1S/C7H15NO6S/c1-13-7(10)6-15(11,12)8-2-4-14-5-3-9/h8-9H,2-6H2,1H3. The van der Waals surface area contributed by atoms with E-state index in [0.717, 1.165) is 7.11 Å². The normalized spacial score (nSPS) is 11.3. The molecule has 0 radical (unpaired) electrons. The van der Waals surface area contributed by atoms with Crippen LogP contribution in [0.4, 0.5) is 0 Å². The SMILES string of the molecule is COC(=O)CS(=O)(=O)NCCOCCO. The summed E-state index contributed by atoms with van der Waals surface area (Å²) in [4.78, 5) is 10.7. The van der Waals surface area contributed by atoms with Crippen molar-refractivity contribution in [2.75, 3.05) is 39.2 Å². The van der Waals surface area contributed by atoms with Gasteiger partial charge in [-0.1, -0.05) is 0 Å². The van der Waals surface area contributed by atoms with Gasteiger partial charge in [0, 0.05) is 6.54 Å². The largest absolute Gasteiger partial charge is 0.468 e. The molecule has 0 heterocycles. The van der Waals surface area contributed by atoms with Gasteiger partial charge in [0.25, 0.3) is 0 Å². The highest BCUT2D eigenvalue weighted by Gasteiger charge is 2.15. The first-order valence-corrected chi connectivity index (χ1v) is 5.90. The molecule has 7 nitrogen and oxygen atoms in total. The van der Waals surface area contributed by atoms with Crippen LogP contribution in [0.5, 0.6) is 0 Å². The van der Waals surface area contributed by atoms with E-state index in [0.29, 0.717) is 0 Å². The van der Waals surface area contributed by atoms with Gasteiger partial charge in [0.05, 0.1) is 26.9 Å². The van der Waals surface area contributed by atoms with Crippen LogP contribution in [0, 0.1) is 0 Å². The summed E-state index contributed by atoms with van der Waals surface area (Å²) in [6, 6.07) is 0. The molecule has 2 N–H and O–H groups in total. The zero-order chi connectivity index (χ0) is 11.7. The van der Waals surface area contributed by atoms with Crippen LogP contribution in [0.15, 0.2) is 0 Å². The molecule has 0 aliphatic heterocycles. The van der Waals surface area contributed by atoms with E-state index in [1.807, 2.05) is 0 Å². The molecule has 0 saturated heterocycles. The zero-order valence-corrected chi connectivity index (χ0v) is 9.25. The number of methoxy groups -OCH3 is 1. The fourth-order valence-corrected chi connectivity index (χ4v) is 1.63. The van der Waals surface area contributed by atoms with Gasteiger partial charge in [-0.25, -0.2) is 13.1 Å². The van der Waals surface area contributed by atoms with Crippen molar-refractivity contribution in [2.24, 2.45) is 0 Å². The number of aliphatic hydroxyl groups excluding tert-OH is 1. The van der Waals surface area contributed by atoms with E-state index in [9.17, 15) is 13.2 Å². The lowest BCUT2D eigenvalue weighted by Crippen LogP contribution is -2.33. The van der Waals surface area contributed by atoms with Crippen molar-refractivity contribution in [3.63, 3.8) is 0 Å². The van der Waals surface area contributed by atoms with Gasteiger partial charge < -0.3 is 14.6 Å². The number of rotatable bonds is 8. The molecule has 0 amide bonds. The average molecular weight is 241 g/mol. The summed E-state index contributed by atoms with van der Waals surface area (Å²) in [6.07, 6.45) is 0. The molecule has 8 heteroatoms. The van der Waals surface area contributed by atoms with Gasteiger partial charge in [-0.15, -0.1) is 0 Å². The first-order valence-electron chi connectivity index (χ1n) is 4.24. The van der Waals surface area contributed by atoms with Gasteiger partial charge in [0.1, 0.15) is 0 Å². The highest BCUT2D eigenvalue weighted by Crippen LogP contribution is 1.86. The molecule has 0 bridgehead atoms. The number of aliphatic hydroxyl groups is 1. The number of nitrogens with one attached hydrogen (secondary N) is 1. The molecule has 0 atom stereocenters. The van der Waals surface area contributed by atoms with Crippen molar-refractivity contribution >= 4 is 16.0 Å². The van der Waals surface area contributed by atoms with Gasteiger partial charge in [-0.3, -0.25) is 4.79 Å². The summed E-state index contributed by atoms with van der Waals surface area (Å²) in [5, 5.41) is 8.35. The Morgan fingerprint density at radius 1 is 1.40 bits per heavy atom. The molecular formula is C7H15NO6S. The molecule has 0 aromatic heterocycles. The maximum Gasteiger partial charge on any atom is 0.322 e. The van der Waals surface area contributed by atoms with Crippen molar-refractivity contribution < 1.29 is 27.8 Å². The van der Waals surface area contributed by atoms with Crippen molar-refractivity contribution in [1.82, 2.24) is 4.72 Å². The van der Waals surface area contributed by atoms with E-state index in [1.165, 1.54) is 0 Å². The summed E-state index contributed by atoms with van der Waals surface area (Å²) >= 11 is 0. The van der Waals surface area contributed by atoms with Gasteiger partial charge in [-0.05, 0) is 0 Å². The molecule has 0 saturated carbocycles.